The molecule has 4 rings (SSSR count). The van der Waals surface area contributed by atoms with Crippen LogP contribution in [0.1, 0.15) is 56.7 Å². The van der Waals surface area contributed by atoms with E-state index >= 15 is 0 Å². The van der Waals surface area contributed by atoms with Gasteiger partial charge in [-0.3, -0.25) is 9.59 Å². The number of ether oxygens (including phenoxy) is 2. The fourth-order valence-corrected chi connectivity index (χ4v) is 6.55. The van der Waals surface area contributed by atoms with Crippen molar-refractivity contribution in [1.82, 2.24) is 20.9 Å². The van der Waals surface area contributed by atoms with E-state index in [-0.39, 0.29) is 30.9 Å². The summed E-state index contributed by atoms with van der Waals surface area (Å²) >= 11 is 0. The molecule has 49 heavy (non-hydrogen) atoms. The molecule has 3 aromatic carbocycles. The summed E-state index contributed by atoms with van der Waals surface area (Å²) in [6.45, 7) is 6.86. The summed E-state index contributed by atoms with van der Waals surface area (Å²) in [5.41, 5.74) is 1.84. The monoisotopic (exact) mass is 672 g/mol. The first-order valence-electron chi connectivity index (χ1n) is 17.4. The molecule has 5 atom stereocenters. The minimum absolute atomic E-state index is 0.182. The molecule has 1 saturated heterocycles. The molecule has 0 saturated carbocycles. The number of aliphatic hydroxyl groups is 1. The molecule has 4 N–H and O–H groups in total. The van der Waals surface area contributed by atoms with Crippen molar-refractivity contribution in [3.8, 4) is 5.75 Å². The molecule has 264 valence electrons. The Hall–Kier alpha value is -4.41. The molecule has 0 aromatic heterocycles. The second kappa shape index (κ2) is 18.4. The van der Waals surface area contributed by atoms with Gasteiger partial charge in [-0.25, -0.2) is 4.79 Å². The van der Waals surface area contributed by atoms with E-state index in [1.54, 1.807) is 18.9 Å². The van der Waals surface area contributed by atoms with Gasteiger partial charge in [-0.05, 0) is 67.3 Å². The number of benzene rings is 3. The van der Waals surface area contributed by atoms with Crippen molar-refractivity contribution in [1.29, 1.82) is 0 Å². The van der Waals surface area contributed by atoms with Crippen molar-refractivity contribution in [2.75, 3.05) is 26.8 Å². The van der Waals surface area contributed by atoms with Crippen LogP contribution in [0, 0.1) is 5.92 Å². The van der Waals surface area contributed by atoms with Gasteiger partial charge in [-0.15, -0.1) is 0 Å². The zero-order valence-corrected chi connectivity index (χ0v) is 29.2. The molecule has 0 bridgehead atoms. The lowest BCUT2D eigenvalue weighted by Crippen LogP contribution is -2.61. The van der Waals surface area contributed by atoms with Gasteiger partial charge in [0.2, 0.25) is 11.8 Å². The van der Waals surface area contributed by atoms with E-state index in [0.717, 1.165) is 22.4 Å². The fraction of sp³-hybridized carbons (Fsp3) is 0.462. The second-order valence-corrected chi connectivity index (χ2v) is 12.8. The Kier molecular flexibility index (Phi) is 14.0. The number of rotatable bonds is 18. The highest BCUT2D eigenvalue weighted by atomic mass is 16.5. The number of hydrogen-bond acceptors (Lipinski definition) is 7. The number of alkyl carbamates (subject to hydrolysis) is 1. The number of nitrogens with one attached hydrogen (secondary N) is 3. The van der Waals surface area contributed by atoms with Gasteiger partial charge in [0.1, 0.15) is 17.3 Å². The molecule has 1 aliphatic heterocycles. The first-order valence-corrected chi connectivity index (χ1v) is 17.4. The lowest BCUT2D eigenvalue weighted by molar-refractivity contribution is -0.142. The predicted octanol–water partition coefficient (Wildman–Crippen LogP) is 4.64. The molecule has 3 amide bonds. The molecule has 0 aliphatic carbocycles. The molecule has 10 nitrogen and oxygen atoms in total. The SMILES string of the molecule is CCOC(=O)N[C@]1(C(C)CC)CCN([C@@H](CCc2ccccc2)C(=O)N[C@@H](Cc2ccccc2)[C@H](O)CNCc2cccc(OC)c2)C1=O. The molecule has 10 heteroatoms. The second-order valence-electron chi connectivity index (χ2n) is 12.8. The number of methoxy groups -OCH3 is 1. The van der Waals surface area contributed by atoms with E-state index in [4.69, 9.17) is 9.47 Å². The van der Waals surface area contributed by atoms with Crippen LogP contribution in [-0.4, -0.2) is 78.4 Å². The van der Waals surface area contributed by atoms with Crippen LogP contribution in [0.25, 0.3) is 0 Å². The van der Waals surface area contributed by atoms with Crippen molar-refractivity contribution >= 4 is 17.9 Å². The largest absolute Gasteiger partial charge is 0.497 e. The number of aliphatic hydroxyl groups excluding tert-OH is 1. The van der Waals surface area contributed by atoms with Crippen LogP contribution in [0.2, 0.25) is 0 Å². The topological polar surface area (TPSA) is 129 Å². The van der Waals surface area contributed by atoms with Crippen LogP contribution in [0.4, 0.5) is 4.79 Å². The lowest BCUT2D eigenvalue weighted by atomic mass is 9.82. The van der Waals surface area contributed by atoms with Crippen LogP contribution < -0.4 is 20.7 Å². The number of amides is 3. The quantitative estimate of drug-likeness (QED) is 0.155. The van der Waals surface area contributed by atoms with E-state index in [1.165, 1.54) is 0 Å². The smallest absolute Gasteiger partial charge is 0.407 e. The Balaban J connectivity index is 1.57. The normalized spacial score (nSPS) is 18.3. The van der Waals surface area contributed by atoms with Crippen molar-refractivity contribution in [3.05, 3.63) is 102 Å². The minimum Gasteiger partial charge on any atom is -0.497 e. The van der Waals surface area contributed by atoms with Crippen LogP contribution in [0.3, 0.4) is 0 Å². The third kappa shape index (κ3) is 10.1. The zero-order valence-electron chi connectivity index (χ0n) is 29.2. The molecule has 0 spiro atoms. The van der Waals surface area contributed by atoms with E-state index in [0.29, 0.717) is 45.2 Å². The Morgan fingerprint density at radius 2 is 1.63 bits per heavy atom. The van der Waals surface area contributed by atoms with Crippen LogP contribution in [0.15, 0.2) is 84.9 Å². The molecular weight excluding hydrogens is 620 g/mol. The van der Waals surface area contributed by atoms with Crippen molar-refractivity contribution in [2.24, 2.45) is 5.92 Å². The minimum atomic E-state index is -1.18. The number of aryl methyl sites for hydroxylation is 1. The van der Waals surface area contributed by atoms with E-state index < -0.39 is 29.8 Å². The Morgan fingerprint density at radius 3 is 2.29 bits per heavy atom. The molecule has 0 radical (unpaired) electrons. The van der Waals surface area contributed by atoms with Crippen LogP contribution in [0.5, 0.6) is 5.75 Å². The van der Waals surface area contributed by atoms with Crippen LogP contribution >= 0.6 is 0 Å². The van der Waals surface area contributed by atoms with Gasteiger partial charge < -0.3 is 35.4 Å². The first kappa shape index (κ1) is 37.4. The highest BCUT2D eigenvalue weighted by molar-refractivity contribution is 5.96. The molecular formula is C39H52N4O6. The van der Waals surface area contributed by atoms with E-state index in [1.807, 2.05) is 98.8 Å². The highest BCUT2D eigenvalue weighted by Gasteiger charge is 2.53. The fourth-order valence-electron chi connectivity index (χ4n) is 6.55. The molecule has 1 heterocycles. The predicted molar refractivity (Wildman–Crippen MR) is 190 cm³/mol. The van der Waals surface area contributed by atoms with Gasteiger partial charge in [-0.1, -0.05) is 93.1 Å². The summed E-state index contributed by atoms with van der Waals surface area (Å²) in [6, 6.07) is 25.8. The summed E-state index contributed by atoms with van der Waals surface area (Å²) in [5, 5.41) is 20.8. The van der Waals surface area contributed by atoms with Gasteiger partial charge in [0.25, 0.3) is 0 Å². The average molecular weight is 673 g/mol. The molecule has 1 fully saturated rings. The zero-order chi connectivity index (χ0) is 35.2. The van der Waals surface area contributed by atoms with E-state index in [2.05, 4.69) is 16.0 Å². The van der Waals surface area contributed by atoms with Gasteiger partial charge >= 0.3 is 6.09 Å². The van der Waals surface area contributed by atoms with Crippen molar-refractivity contribution in [3.63, 3.8) is 0 Å². The maximum absolute atomic E-state index is 14.4. The molecule has 1 unspecified atom stereocenters. The number of nitrogens with zero attached hydrogens (tertiary/aromatic N) is 1. The highest BCUT2D eigenvalue weighted by Crippen LogP contribution is 2.35. The maximum atomic E-state index is 14.4. The number of likely N-dealkylation sites (tertiary alicyclic amines) is 1. The molecule has 3 aromatic rings. The third-order valence-electron chi connectivity index (χ3n) is 9.58. The van der Waals surface area contributed by atoms with Crippen molar-refractivity contribution < 1.29 is 29.0 Å². The van der Waals surface area contributed by atoms with Gasteiger partial charge in [0.15, 0.2) is 0 Å². The Bertz CT molecular complexity index is 1490. The van der Waals surface area contributed by atoms with Crippen molar-refractivity contribution in [2.45, 2.75) is 83.1 Å². The summed E-state index contributed by atoms with van der Waals surface area (Å²) in [4.78, 5) is 43.0. The third-order valence-corrected chi connectivity index (χ3v) is 9.58. The van der Waals surface area contributed by atoms with Gasteiger partial charge in [-0.2, -0.15) is 0 Å². The lowest BCUT2D eigenvalue weighted by Gasteiger charge is -2.36. The maximum Gasteiger partial charge on any atom is 0.407 e. The Labute approximate surface area is 290 Å². The summed E-state index contributed by atoms with van der Waals surface area (Å²) in [5.74, 6) is -0.0613. The van der Waals surface area contributed by atoms with Gasteiger partial charge in [0.05, 0.1) is 25.9 Å². The number of hydrogen-bond donors (Lipinski definition) is 4. The van der Waals surface area contributed by atoms with Gasteiger partial charge in [0, 0.05) is 19.6 Å². The number of carbonyl (C=O) groups is 3. The standard InChI is InChI=1S/C39H52N4O6/c1-5-28(3)39(42-38(47)49-6-2)22-23-43(37(39)46)34(21-20-29-14-9-7-10-15-29)36(45)41-33(25-30-16-11-8-12-17-30)35(44)27-40-26-31-18-13-19-32(24-31)48-4/h7-19,24,28,33-35,40,44H,5-6,20-23,25-27H2,1-4H3,(H,41,45)(H,42,47)/t28?,33-,34-,35+,39-/m0/s1. The number of carbonyl (C=O) groups excluding carboxylic acids is 3. The summed E-state index contributed by atoms with van der Waals surface area (Å²) in [7, 11) is 1.62. The van der Waals surface area contributed by atoms with E-state index in [9.17, 15) is 19.5 Å². The molecule has 1 aliphatic rings. The average Bonchev–Trinajstić information content (AvgIpc) is 3.44. The summed E-state index contributed by atoms with van der Waals surface area (Å²) < 4.78 is 10.5. The Morgan fingerprint density at radius 1 is 0.959 bits per heavy atom. The first-order chi connectivity index (χ1) is 23.7. The summed E-state index contributed by atoms with van der Waals surface area (Å²) in [6.07, 6.45) is 0.784. The van der Waals surface area contributed by atoms with Crippen LogP contribution in [-0.2, 0) is 33.7 Å².